The summed E-state index contributed by atoms with van der Waals surface area (Å²) in [5, 5.41) is 14.5. The van der Waals surface area contributed by atoms with E-state index in [9.17, 15) is 9.90 Å². The molecule has 37 heavy (non-hydrogen) atoms. The van der Waals surface area contributed by atoms with Crippen molar-refractivity contribution in [3.8, 4) is 5.88 Å². The smallest absolute Gasteiger partial charge is 0.235 e. The van der Waals surface area contributed by atoms with Crippen LogP contribution in [0.25, 0.3) is 11.0 Å². The predicted octanol–water partition coefficient (Wildman–Crippen LogP) is 3.29. The van der Waals surface area contributed by atoms with Crippen molar-refractivity contribution in [2.45, 2.75) is 61.4 Å². The minimum absolute atomic E-state index is 0.00767. The van der Waals surface area contributed by atoms with E-state index in [0.29, 0.717) is 47.3 Å². The molecule has 9 nitrogen and oxygen atoms in total. The molecule has 3 aromatic heterocycles. The standard InChI is InChI=1S/C26H28FN5O4S/c1-35-22-5-3-19-24(31-22)17(18(27)11-28-19)10-23(34)32(26-8-6-16(7-9-26)36-14-26)12-15-2-4-20-25(29-15)30-21(33)13-37-20/h2-5,11,16,23,34H,6-10,12-14H2,1H3,(H,29,30,33). The minimum Gasteiger partial charge on any atom is -0.481 e. The molecule has 4 aliphatic rings. The zero-order chi connectivity index (χ0) is 25.6. The van der Waals surface area contributed by atoms with Gasteiger partial charge in [0.25, 0.3) is 0 Å². The van der Waals surface area contributed by atoms with Crippen LogP contribution in [0.3, 0.4) is 0 Å². The molecule has 0 spiro atoms. The molecule has 0 aromatic carbocycles. The highest BCUT2D eigenvalue weighted by Gasteiger charge is 2.47. The van der Waals surface area contributed by atoms with Crippen LogP contribution in [0.5, 0.6) is 5.88 Å². The zero-order valence-electron chi connectivity index (χ0n) is 20.4. The highest BCUT2D eigenvalue weighted by molar-refractivity contribution is 8.00. The molecule has 0 radical (unpaired) electrons. The van der Waals surface area contributed by atoms with Crippen LogP contribution in [-0.4, -0.2) is 68.2 Å². The summed E-state index contributed by atoms with van der Waals surface area (Å²) in [4.78, 5) is 28.1. The second kappa shape index (κ2) is 9.79. The third-order valence-corrected chi connectivity index (χ3v) is 8.67. The van der Waals surface area contributed by atoms with Crippen LogP contribution in [0.1, 0.15) is 36.9 Å². The van der Waals surface area contributed by atoms with E-state index in [2.05, 4.69) is 15.3 Å². The lowest BCUT2D eigenvalue weighted by Gasteiger charge is -2.53. The van der Waals surface area contributed by atoms with Gasteiger partial charge in [0.1, 0.15) is 17.9 Å². The van der Waals surface area contributed by atoms with Gasteiger partial charge < -0.3 is 19.9 Å². The molecule has 3 fully saturated rings. The average molecular weight is 526 g/mol. The van der Waals surface area contributed by atoms with Crippen LogP contribution in [0, 0.1) is 5.82 Å². The molecular formula is C26H28FN5O4S. The van der Waals surface area contributed by atoms with Gasteiger partial charge in [-0.1, -0.05) is 0 Å². The molecular weight excluding hydrogens is 497 g/mol. The highest BCUT2D eigenvalue weighted by atomic mass is 32.2. The molecule has 3 aliphatic heterocycles. The van der Waals surface area contributed by atoms with Crippen LogP contribution in [-0.2, 0) is 22.5 Å². The van der Waals surface area contributed by atoms with Crippen LogP contribution < -0.4 is 10.1 Å². The van der Waals surface area contributed by atoms with E-state index in [1.54, 1.807) is 12.1 Å². The number of aliphatic hydroxyl groups is 1. The number of aromatic nitrogens is 3. The van der Waals surface area contributed by atoms with E-state index in [1.165, 1.54) is 25.1 Å². The predicted molar refractivity (Wildman–Crippen MR) is 136 cm³/mol. The number of anilines is 1. The van der Waals surface area contributed by atoms with Gasteiger partial charge in [0.2, 0.25) is 11.8 Å². The van der Waals surface area contributed by atoms with E-state index in [4.69, 9.17) is 14.5 Å². The Morgan fingerprint density at radius 2 is 2.14 bits per heavy atom. The van der Waals surface area contributed by atoms with Gasteiger partial charge in [-0.25, -0.2) is 14.4 Å². The van der Waals surface area contributed by atoms with Gasteiger partial charge in [0.05, 0.1) is 53.4 Å². The molecule has 3 aromatic rings. The Kier molecular flexibility index (Phi) is 6.47. The van der Waals surface area contributed by atoms with Gasteiger partial charge >= 0.3 is 0 Å². The Morgan fingerprint density at radius 3 is 2.89 bits per heavy atom. The summed E-state index contributed by atoms with van der Waals surface area (Å²) < 4.78 is 26.4. The Balaban J connectivity index is 1.35. The maximum absolute atomic E-state index is 15.1. The number of rotatable bonds is 7. The first-order valence-corrected chi connectivity index (χ1v) is 13.4. The van der Waals surface area contributed by atoms with Gasteiger partial charge in [0.15, 0.2) is 0 Å². The number of methoxy groups -OCH3 is 1. The fraction of sp³-hybridized carbons (Fsp3) is 0.462. The number of carbonyl (C=O) groups excluding carboxylic acids is 1. The highest BCUT2D eigenvalue weighted by Crippen LogP contribution is 2.43. The number of ether oxygens (including phenoxy) is 2. The summed E-state index contributed by atoms with van der Waals surface area (Å²) in [5.41, 5.74) is 1.49. The van der Waals surface area contributed by atoms with Crippen molar-refractivity contribution in [2.75, 3.05) is 24.8 Å². The molecule has 2 saturated heterocycles. The molecule has 6 heterocycles. The topological polar surface area (TPSA) is 110 Å². The second-order valence-electron chi connectivity index (χ2n) is 9.84. The fourth-order valence-electron chi connectivity index (χ4n) is 5.62. The molecule has 2 bridgehead atoms. The van der Waals surface area contributed by atoms with Crippen molar-refractivity contribution in [1.29, 1.82) is 0 Å². The van der Waals surface area contributed by atoms with E-state index in [-0.39, 0.29) is 24.0 Å². The largest absolute Gasteiger partial charge is 0.481 e. The fourth-order valence-corrected chi connectivity index (χ4v) is 6.37. The van der Waals surface area contributed by atoms with Gasteiger partial charge in [-0.3, -0.25) is 14.7 Å². The number of halogens is 1. The van der Waals surface area contributed by atoms with Gasteiger partial charge in [-0.15, -0.1) is 11.8 Å². The Morgan fingerprint density at radius 1 is 1.30 bits per heavy atom. The van der Waals surface area contributed by atoms with Crippen LogP contribution in [0.15, 0.2) is 35.4 Å². The molecule has 1 atom stereocenters. The number of nitrogens with zero attached hydrogens (tertiary/aromatic N) is 4. The van der Waals surface area contributed by atoms with E-state index >= 15 is 4.39 Å². The lowest BCUT2D eigenvalue weighted by atomic mass is 9.76. The first-order chi connectivity index (χ1) is 17.9. The maximum Gasteiger partial charge on any atom is 0.235 e. The van der Waals surface area contributed by atoms with Crippen LogP contribution in [0.4, 0.5) is 10.2 Å². The van der Waals surface area contributed by atoms with Gasteiger partial charge in [-0.05, 0) is 43.9 Å². The van der Waals surface area contributed by atoms with Crippen molar-refractivity contribution in [3.05, 3.63) is 47.5 Å². The number of aliphatic hydroxyl groups excluding tert-OH is 1. The molecule has 11 heteroatoms. The Bertz CT molecular complexity index is 1340. The normalized spacial score (nSPS) is 23.7. The minimum atomic E-state index is -1.03. The molecule has 7 rings (SSSR count). The summed E-state index contributed by atoms with van der Waals surface area (Å²) in [7, 11) is 1.50. The third kappa shape index (κ3) is 4.65. The summed E-state index contributed by atoms with van der Waals surface area (Å²) in [5.74, 6) is 0.643. The van der Waals surface area contributed by atoms with Gasteiger partial charge in [0, 0.05) is 30.1 Å². The molecule has 2 N–H and O–H groups in total. The third-order valence-electron chi connectivity index (χ3n) is 7.62. The monoisotopic (exact) mass is 525 g/mol. The number of pyridine rings is 3. The summed E-state index contributed by atoms with van der Waals surface area (Å²) in [6.45, 7) is 0.822. The van der Waals surface area contributed by atoms with E-state index in [0.717, 1.165) is 30.6 Å². The number of nitrogens with one attached hydrogen (secondary N) is 1. The lowest BCUT2D eigenvalue weighted by molar-refractivity contribution is -0.179. The first-order valence-electron chi connectivity index (χ1n) is 12.4. The lowest BCUT2D eigenvalue weighted by Crippen LogP contribution is -2.62. The SMILES string of the molecule is COc1ccc2ncc(F)c(CC(O)N(Cc3ccc4c(n3)NC(=O)CS4)C34CCC(CC3)OC4)c2n1. The summed E-state index contributed by atoms with van der Waals surface area (Å²) in [6.07, 6.45) is 3.98. The van der Waals surface area contributed by atoms with Crippen molar-refractivity contribution >= 4 is 34.5 Å². The Labute approximate surface area is 217 Å². The van der Waals surface area contributed by atoms with Crippen LogP contribution >= 0.6 is 11.8 Å². The number of hydrogen-bond acceptors (Lipinski definition) is 9. The van der Waals surface area contributed by atoms with Crippen molar-refractivity contribution < 1.29 is 23.8 Å². The Hall–Kier alpha value is -2.86. The van der Waals surface area contributed by atoms with Gasteiger partial charge in [-0.2, -0.15) is 0 Å². The molecule has 1 aliphatic carbocycles. The van der Waals surface area contributed by atoms with E-state index < -0.39 is 17.6 Å². The van der Waals surface area contributed by atoms with Crippen LogP contribution in [0.2, 0.25) is 0 Å². The van der Waals surface area contributed by atoms with Crippen molar-refractivity contribution in [3.63, 3.8) is 0 Å². The number of carbonyl (C=O) groups is 1. The zero-order valence-corrected chi connectivity index (χ0v) is 21.3. The summed E-state index contributed by atoms with van der Waals surface area (Å²) >= 11 is 1.45. The van der Waals surface area contributed by atoms with E-state index in [1.807, 2.05) is 17.0 Å². The van der Waals surface area contributed by atoms with Crippen molar-refractivity contribution in [1.82, 2.24) is 19.9 Å². The molecule has 194 valence electrons. The quantitative estimate of drug-likeness (QED) is 0.449. The number of thioether (sulfide) groups is 1. The number of amides is 1. The first kappa shape index (κ1) is 24.5. The average Bonchev–Trinajstić information content (AvgIpc) is 2.93. The maximum atomic E-state index is 15.1. The number of hydrogen-bond donors (Lipinski definition) is 2. The molecule has 1 unspecified atom stereocenters. The molecule has 1 saturated carbocycles. The second-order valence-corrected chi connectivity index (χ2v) is 10.9. The number of fused-ring (bicyclic) bond motifs is 5. The van der Waals surface area contributed by atoms with Crippen molar-refractivity contribution in [2.24, 2.45) is 0 Å². The molecule has 1 amide bonds. The summed E-state index contributed by atoms with van der Waals surface area (Å²) in [6, 6.07) is 7.27.